The van der Waals surface area contributed by atoms with Gasteiger partial charge in [-0.3, -0.25) is 4.79 Å². The number of carbonyl (C=O) groups excluding carboxylic acids is 1. The van der Waals surface area contributed by atoms with Gasteiger partial charge in [0.2, 0.25) is 11.9 Å². The topological polar surface area (TPSA) is 75.4 Å². The van der Waals surface area contributed by atoms with Crippen molar-refractivity contribution in [3.05, 3.63) is 18.5 Å². The highest BCUT2D eigenvalue weighted by Crippen LogP contribution is 2.16. The first-order valence-electron chi connectivity index (χ1n) is 7.14. The van der Waals surface area contributed by atoms with Crippen molar-refractivity contribution in [2.24, 2.45) is 17.6 Å². The molecule has 6 nitrogen and oxygen atoms in total. The summed E-state index contributed by atoms with van der Waals surface area (Å²) in [5.74, 6) is 1.12. The number of amides is 1. The Morgan fingerprint density at radius 2 is 1.85 bits per heavy atom. The zero-order valence-corrected chi connectivity index (χ0v) is 12.2. The fourth-order valence-corrected chi connectivity index (χ4v) is 2.47. The molecular formula is C14H23N5O. The summed E-state index contributed by atoms with van der Waals surface area (Å²) in [5, 5.41) is 0. The number of nitrogens with two attached hydrogens (primary N) is 1. The van der Waals surface area contributed by atoms with Crippen LogP contribution in [0.3, 0.4) is 0 Å². The van der Waals surface area contributed by atoms with E-state index in [0.29, 0.717) is 19.6 Å². The van der Waals surface area contributed by atoms with E-state index < -0.39 is 0 Å². The lowest BCUT2D eigenvalue weighted by atomic mass is 9.94. The minimum absolute atomic E-state index is 0.0745. The zero-order chi connectivity index (χ0) is 14.5. The SMILES string of the molecule is CC(C)C(CN)C(=O)N1CCN(c2ncccn2)CC1. The van der Waals surface area contributed by atoms with Crippen LogP contribution in [0.1, 0.15) is 13.8 Å². The van der Waals surface area contributed by atoms with Gasteiger partial charge in [-0.25, -0.2) is 9.97 Å². The lowest BCUT2D eigenvalue weighted by Crippen LogP contribution is -2.52. The third-order valence-electron chi connectivity index (χ3n) is 3.80. The molecule has 0 saturated carbocycles. The second-order valence-electron chi connectivity index (χ2n) is 5.45. The molecule has 1 amide bonds. The van der Waals surface area contributed by atoms with Crippen LogP contribution >= 0.6 is 0 Å². The molecule has 0 spiro atoms. The van der Waals surface area contributed by atoms with Gasteiger partial charge >= 0.3 is 0 Å². The minimum Gasteiger partial charge on any atom is -0.339 e. The number of hydrogen-bond donors (Lipinski definition) is 1. The van der Waals surface area contributed by atoms with Crippen LogP contribution < -0.4 is 10.6 Å². The quantitative estimate of drug-likeness (QED) is 0.860. The molecule has 1 unspecified atom stereocenters. The molecule has 1 aliphatic rings. The molecule has 1 saturated heterocycles. The Balaban J connectivity index is 1.93. The number of aromatic nitrogens is 2. The standard InChI is InChI=1S/C14H23N5O/c1-11(2)12(10-15)13(20)18-6-8-19(9-7-18)14-16-4-3-5-17-14/h3-5,11-12H,6-10,15H2,1-2H3. The van der Waals surface area contributed by atoms with Gasteiger partial charge in [-0.05, 0) is 12.0 Å². The van der Waals surface area contributed by atoms with Crippen LogP contribution in [0.15, 0.2) is 18.5 Å². The van der Waals surface area contributed by atoms with E-state index in [0.717, 1.165) is 19.0 Å². The Labute approximate surface area is 120 Å². The Morgan fingerprint density at radius 1 is 1.25 bits per heavy atom. The Bertz CT molecular complexity index is 428. The molecule has 6 heteroatoms. The highest BCUT2D eigenvalue weighted by atomic mass is 16.2. The molecule has 2 heterocycles. The Kier molecular flexibility index (Phi) is 4.89. The maximum Gasteiger partial charge on any atom is 0.227 e. The Morgan fingerprint density at radius 3 is 2.35 bits per heavy atom. The number of carbonyl (C=O) groups is 1. The normalized spacial score (nSPS) is 17.4. The molecule has 1 atom stereocenters. The predicted molar refractivity (Wildman–Crippen MR) is 78.2 cm³/mol. The fraction of sp³-hybridized carbons (Fsp3) is 0.643. The molecule has 2 N–H and O–H groups in total. The first-order chi connectivity index (χ1) is 9.63. The molecule has 2 rings (SSSR count). The third kappa shape index (κ3) is 3.25. The van der Waals surface area contributed by atoms with Gasteiger partial charge in [0.1, 0.15) is 0 Å². The van der Waals surface area contributed by atoms with E-state index in [9.17, 15) is 4.79 Å². The number of anilines is 1. The van der Waals surface area contributed by atoms with Crippen LogP contribution in [-0.4, -0.2) is 53.5 Å². The maximum absolute atomic E-state index is 12.4. The third-order valence-corrected chi connectivity index (χ3v) is 3.80. The second-order valence-corrected chi connectivity index (χ2v) is 5.45. The number of piperazine rings is 1. The van der Waals surface area contributed by atoms with Crippen LogP contribution in [-0.2, 0) is 4.79 Å². The molecule has 0 aromatic carbocycles. The van der Waals surface area contributed by atoms with Crippen molar-refractivity contribution >= 4 is 11.9 Å². The maximum atomic E-state index is 12.4. The summed E-state index contributed by atoms with van der Waals surface area (Å²) in [7, 11) is 0. The molecule has 0 aliphatic carbocycles. The van der Waals surface area contributed by atoms with Crippen LogP contribution in [0.25, 0.3) is 0 Å². The van der Waals surface area contributed by atoms with Gasteiger partial charge in [0, 0.05) is 45.1 Å². The van der Waals surface area contributed by atoms with E-state index in [-0.39, 0.29) is 17.7 Å². The smallest absolute Gasteiger partial charge is 0.227 e. The van der Waals surface area contributed by atoms with E-state index >= 15 is 0 Å². The van der Waals surface area contributed by atoms with E-state index in [1.165, 1.54) is 0 Å². The number of rotatable bonds is 4. The summed E-state index contributed by atoms with van der Waals surface area (Å²) in [4.78, 5) is 24.9. The largest absolute Gasteiger partial charge is 0.339 e. The van der Waals surface area contributed by atoms with Crippen molar-refractivity contribution in [3.63, 3.8) is 0 Å². The van der Waals surface area contributed by atoms with Crippen molar-refractivity contribution < 1.29 is 4.79 Å². The van der Waals surface area contributed by atoms with Crippen LogP contribution in [0.4, 0.5) is 5.95 Å². The van der Waals surface area contributed by atoms with Gasteiger partial charge in [0.15, 0.2) is 0 Å². The summed E-state index contributed by atoms with van der Waals surface area (Å²) in [6.07, 6.45) is 3.48. The number of hydrogen-bond acceptors (Lipinski definition) is 5. The van der Waals surface area contributed by atoms with E-state index in [1.807, 2.05) is 18.7 Å². The summed E-state index contributed by atoms with van der Waals surface area (Å²) in [6.45, 7) is 7.46. The Hall–Kier alpha value is -1.69. The predicted octanol–water partition coefficient (Wildman–Crippen LogP) is 0.356. The average Bonchev–Trinajstić information content (AvgIpc) is 2.48. The molecule has 20 heavy (non-hydrogen) atoms. The van der Waals surface area contributed by atoms with Gasteiger partial charge in [0.05, 0.1) is 5.92 Å². The molecule has 1 fully saturated rings. The van der Waals surface area contributed by atoms with Gasteiger partial charge < -0.3 is 15.5 Å². The van der Waals surface area contributed by atoms with Gasteiger partial charge in [-0.15, -0.1) is 0 Å². The molecule has 1 aliphatic heterocycles. The van der Waals surface area contributed by atoms with Crippen molar-refractivity contribution in [2.75, 3.05) is 37.6 Å². The second kappa shape index (κ2) is 6.65. The minimum atomic E-state index is -0.0745. The van der Waals surface area contributed by atoms with E-state index in [4.69, 9.17) is 5.73 Å². The molecule has 110 valence electrons. The number of nitrogens with zero attached hydrogens (tertiary/aromatic N) is 4. The van der Waals surface area contributed by atoms with Crippen LogP contribution in [0.5, 0.6) is 0 Å². The molecule has 1 aromatic rings. The van der Waals surface area contributed by atoms with Gasteiger partial charge in [0.25, 0.3) is 0 Å². The molecular weight excluding hydrogens is 254 g/mol. The summed E-state index contributed by atoms with van der Waals surface area (Å²) in [5.41, 5.74) is 5.72. The molecule has 0 bridgehead atoms. The van der Waals surface area contributed by atoms with Gasteiger partial charge in [-0.1, -0.05) is 13.8 Å². The first kappa shape index (κ1) is 14.7. The van der Waals surface area contributed by atoms with E-state index in [2.05, 4.69) is 14.9 Å². The van der Waals surface area contributed by atoms with E-state index in [1.54, 1.807) is 18.5 Å². The molecule has 0 radical (unpaired) electrons. The average molecular weight is 277 g/mol. The first-order valence-corrected chi connectivity index (χ1v) is 7.14. The molecule has 1 aromatic heterocycles. The highest BCUT2D eigenvalue weighted by Gasteiger charge is 2.28. The van der Waals surface area contributed by atoms with Crippen LogP contribution in [0, 0.1) is 11.8 Å². The van der Waals surface area contributed by atoms with Crippen molar-refractivity contribution in [3.8, 4) is 0 Å². The summed E-state index contributed by atoms with van der Waals surface area (Å²) in [6, 6.07) is 1.80. The monoisotopic (exact) mass is 277 g/mol. The lowest BCUT2D eigenvalue weighted by molar-refractivity contribution is -0.136. The van der Waals surface area contributed by atoms with Crippen LogP contribution in [0.2, 0.25) is 0 Å². The van der Waals surface area contributed by atoms with Gasteiger partial charge in [-0.2, -0.15) is 0 Å². The summed E-state index contributed by atoms with van der Waals surface area (Å²) < 4.78 is 0. The zero-order valence-electron chi connectivity index (χ0n) is 12.2. The highest BCUT2D eigenvalue weighted by molar-refractivity contribution is 5.79. The fourth-order valence-electron chi connectivity index (χ4n) is 2.47. The van der Waals surface area contributed by atoms with Crippen molar-refractivity contribution in [2.45, 2.75) is 13.8 Å². The van der Waals surface area contributed by atoms with Crippen molar-refractivity contribution in [1.82, 2.24) is 14.9 Å². The van der Waals surface area contributed by atoms with Crippen molar-refractivity contribution in [1.29, 1.82) is 0 Å². The summed E-state index contributed by atoms with van der Waals surface area (Å²) >= 11 is 0. The lowest BCUT2D eigenvalue weighted by Gasteiger charge is -2.36.